The van der Waals surface area contributed by atoms with E-state index >= 15 is 0 Å². The average molecular weight is 302 g/mol. The van der Waals surface area contributed by atoms with Gasteiger partial charge >= 0.3 is 0 Å². The Hall–Kier alpha value is -0.440. The predicted molar refractivity (Wildman–Crippen MR) is 80.9 cm³/mol. The third-order valence-corrected chi connectivity index (χ3v) is 5.60. The van der Waals surface area contributed by atoms with E-state index in [1.54, 1.807) is 12.1 Å². The van der Waals surface area contributed by atoms with E-state index in [-0.39, 0.29) is 5.75 Å². The van der Waals surface area contributed by atoms with E-state index < -0.39 is 0 Å². The average Bonchev–Trinajstić information content (AvgIpc) is 2.67. The number of phenols is 1. The van der Waals surface area contributed by atoms with Crippen molar-refractivity contribution in [2.24, 2.45) is 16.7 Å². The molecule has 0 aliphatic heterocycles. The van der Waals surface area contributed by atoms with Crippen molar-refractivity contribution in [1.82, 2.24) is 5.32 Å². The zero-order valence-corrected chi connectivity index (χ0v) is 13.4. The monoisotopic (exact) mass is 301 g/mol. The number of halogens is 2. The highest BCUT2D eigenvalue weighted by molar-refractivity contribution is 6.35. The zero-order chi connectivity index (χ0) is 14.4. The number of nitrogens with one attached hydrogen (secondary N) is 1. The molecule has 1 aliphatic carbocycles. The Morgan fingerprint density at radius 1 is 1.16 bits per heavy atom. The van der Waals surface area contributed by atoms with Crippen molar-refractivity contribution < 1.29 is 5.11 Å². The van der Waals surface area contributed by atoms with Gasteiger partial charge in [-0.05, 0) is 35.4 Å². The molecule has 0 unspecified atom stereocenters. The van der Waals surface area contributed by atoms with E-state index in [9.17, 15) is 5.11 Å². The molecule has 106 valence electrons. The molecule has 0 radical (unpaired) electrons. The lowest BCUT2D eigenvalue weighted by Gasteiger charge is -2.09. The topological polar surface area (TPSA) is 32.3 Å². The fraction of sp³-hybridized carbons (Fsp3) is 0.600. The Kier molecular flexibility index (Phi) is 3.81. The molecule has 1 aromatic carbocycles. The van der Waals surface area contributed by atoms with Crippen LogP contribution in [0.2, 0.25) is 10.0 Å². The van der Waals surface area contributed by atoms with Crippen LogP contribution in [0.1, 0.15) is 33.3 Å². The van der Waals surface area contributed by atoms with E-state index in [1.807, 2.05) is 0 Å². The van der Waals surface area contributed by atoms with Gasteiger partial charge in [-0.1, -0.05) is 50.9 Å². The second kappa shape index (κ2) is 4.83. The predicted octanol–water partition coefficient (Wildman–Crippen LogP) is 4.47. The van der Waals surface area contributed by atoms with Gasteiger partial charge in [-0.3, -0.25) is 0 Å². The summed E-state index contributed by atoms with van der Waals surface area (Å²) in [5.74, 6) is 0.768. The fourth-order valence-electron chi connectivity index (χ4n) is 2.95. The standard InChI is InChI=1S/C15H21Cl2NO/c1-14(2)12(15(14,3)4)8-18-7-9-5-10(16)6-11(17)13(9)19/h5-6,12,18-19H,7-8H2,1-4H3. The normalized spacial score (nSPS) is 20.5. The van der Waals surface area contributed by atoms with E-state index in [0.29, 0.717) is 33.3 Å². The molecule has 2 N–H and O–H groups in total. The molecule has 0 saturated heterocycles. The van der Waals surface area contributed by atoms with Crippen LogP contribution in [0.25, 0.3) is 0 Å². The summed E-state index contributed by atoms with van der Waals surface area (Å²) in [5, 5.41) is 14.1. The molecule has 4 heteroatoms. The van der Waals surface area contributed by atoms with Gasteiger partial charge in [0.25, 0.3) is 0 Å². The van der Waals surface area contributed by atoms with Gasteiger partial charge in [-0.15, -0.1) is 0 Å². The van der Waals surface area contributed by atoms with Crippen molar-refractivity contribution in [2.45, 2.75) is 34.2 Å². The summed E-state index contributed by atoms with van der Waals surface area (Å²) in [7, 11) is 0. The molecule has 1 saturated carbocycles. The van der Waals surface area contributed by atoms with Crippen molar-refractivity contribution in [3.8, 4) is 5.75 Å². The highest BCUT2D eigenvalue weighted by Gasteiger charge is 2.63. The first-order valence-corrected chi connectivity index (χ1v) is 7.31. The largest absolute Gasteiger partial charge is 0.506 e. The van der Waals surface area contributed by atoms with E-state index in [0.717, 1.165) is 12.1 Å². The third kappa shape index (κ3) is 2.58. The van der Waals surface area contributed by atoms with Crippen LogP contribution in [0.5, 0.6) is 5.75 Å². The molecule has 19 heavy (non-hydrogen) atoms. The van der Waals surface area contributed by atoms with E-state index in [1.165, 1.54) is 0 Å². The molecule has 0 aromatic heterocycles. The number of aromatic hydroxyl groups is 1. The minimum absolute atomic E-state index is 0.118. The van der Waals surface area contributed by atoms with Gasteiger partial charge < -0.3 is 10.4 Å². The molecule has 1 aliphatic rings. The van der Waals surface area contributed by atoms with Crippen LogP contribution in [0.4, 0.5) is 0 Å². The van der Waals surface area contributed by atoms with E-state index in [2.05, 4.69) is 33.0 Å². The Balaban J connectivity index is 1.95. The third-order valence-electron chi connectivity index (χ3n) is 5.09. The molecule has 2 nitrogen and oxygen atoms in total. The van der Waals surface area contributed by atoms with Gasteiger partial charge in [0, 0.05) is 17.1 Å². The number of phenolic OH excluding ortho intramolecular Hbond substituents is 1. The number of benzene rings is 1. The zero-order valence-electron chi connectivity index (χ0n) is 11.8. The molecule has 0 atom stereocenters. The number of hydrogen-bond donors (Lipinski definition) is 2. The van der Waals surface area contributed by atoms with Crippen molar-refractivity contribution in [2.75, 3.05) is 6.54 Å². The maximum Gasteiger partial charge on any atom is 0.138 e. The van der Waals surface area contributed by atoms with Crippen molar-refractivity contribution >= 4 is 23.2 Å². The molecule has 1 fully saturated rings. The quantitative estimate of drug-likeness (QED) is 0.860. The SMILES string of the molecule is CC1(C)C(CNCc2cc(Cl)cc(Cl)c2O)C1(C)C. The van der Waals surface area contributed by atoms with Crippen LogP contribution in [0, 0.1) is 16.7 Å². The number of rotatable bonds is 4. The van der Waals surface area contributed by atoms with Gasteiger partial charge in [0.15, 0.2) is 0 Å². The Morgan fingerprint density at radius 3 is 2.26 bits per heavy atom. The second-order valence-electron chi connectivity index (χ2n) is 6.52. The maximum absolute atomic E-state index is 9.88. The lowest BCUT2D eigenvalue weighted by Crippen LogP contribution is -2.19. The minimum Gasteiger partial charge on any atom is -0.506 e. The first-order chi connectivity index (χ1) is 8.68. The van der Waals surface area contributed by atoms with Crippen LogP contribution in [0.15, 0.2) is 12.1 Å². The van der Waals surface area contributed by atoms with Crippen LogP contribution < -0.4 is 5.32 Å². The summed E-state index contributed by atoms with van der Waals surface area (Å²) in [4.78, 5) is 0. The van der Waals surface area contributed by atoms with Crippen LogP contribution in [-0.4, -0.2) is 11.7 Å². The summed E-state index contributed by atoms with van der Waals surface area (Å²) in [6, 6.07) is 3.30. The molecule has 0 bridgehead atoms. The van der Waals surface area contributed by atoms with Gasteiger partial charge in [0.05, 0.1) is 5.02 Å². The first-order valence-electron chi connectivity index (χ1n) is 6.55. The van der Waals surface area contributed by atoms with Crippen LogP contribution in [0.3, 0.4) is 0 Å². The summed E-state index contributed by atoms with van der Waals surface area (Å²) in [6.45, 7) is 10.7. The molecule has 1 aromatic rings. The Labute approximate surface area is 125 Å². The Morgan fingerprint density at radius 2 is 1.74 bits per heavy atom. The first kappa shape index (κ1) is 15.0. The van der Waals surface area contributed by atoms with Crippen LogP contribution in [-0.2, 0) is 6.54 Å². The van der Waals surface area contributed by atoms with Crippen molar-refractivity contribution in [3.05, 3.63) is 27.7 Å². The summed E-state index contributed by atoms with van der Waals surface area (Å²) < 4.78 is 0. The summed E-state index contributed by atoms with van der Waals surface area (Å²) in [5.41, 5.74) is 1.48. The summed E-state index contributed by atoms with van der Waals surface area (Å²) in [6.07, 6.45) is 0. The minimum atomic E-state index is 0.118. The van der Waals surface area contributed by atoms with Gasteiger partial charge in [-0.2, -0.15) is 0 Å². The maximum atomic E-state index is 9.88. The summed E-state index contributed by atoms with van der Waals surface area (Å²) >= 11 is 11.8. The lowest BCUT2D eigenvalue weighted by molar-refractivity contribution is 0.457. The smallest absolute Gasteiger partial charge is 0.138 e. The molecule has 2 rings (SSSR count). The lowest BCUT2D eigenvalue weighted by atomic mass is 10.0. The highest BCUT2D eigenvalue weighted by Crippen LogP contribution is 2.67. The fourth-order valence-corrected chi connectivity index (χ4v) is 3.48. The number of hydrogen-bond acceptors (Lipinski definition) is 2. The molecule has 0 amide bonds. The molecule has 0 spiro atoms. The van der Waals surface area contributed by atoms with E-state index in [4.69, 9.17) is 23.2 Å². The Bertz CT molecular complexity index is 483. The van der Waals surface area contributed by atoms with Crippen molar-refractivity contribution in [3.63, 3.8) is 0 Å². The second-order valence-corrected chi connectivity index (χ2v) is 7.37. The molecular formula is C15H21Cl2NO. The van der Waals surface area contributed by atoms with Gasteiger partial charge in [-0.25, -0.2) is 0 Å². The molecular weight excluding hydrogens is 281 g/mol. The van der Waals surface area contributed by atoms with Gasteiger partial charge in [0.1, 0.15) is 5.75 Å². The van der Waals surface area contributed by atoms with Gasteiger partial charge in [0.2, 0.25) is 0 Å². The molecule has 0 heterocycles. The van der Waals surface area contributed by atoms with Crippen molar-refractivity contribution in [1.29, 1.82) is 0 Å². The van der Waals surface area contributed by atoms with Crippen LogP contribution >= 0.6 is 23.2 Å². The highest BCUT2D eigenvalue weighted by atomic mass is 35.5.